The number of hydrogen-bond acceptors (Lipinski definition) is 3. The molecule has 1 aromatic carbocycles. The summed E-state index contributed by atoms with van der Waals surface area (Å²) in [5.74, 6) is 0.408. The molecule has 1 unspecified atom stereocenters. The molecule has 18 heavy (non-hydrogen) atoms. The zero-order chi connectivity index (χ0) is 13.0. The zero-order valence-corrected chi connectivity index (χ0v) is 10.5. The summed E-state index contributed by atoms with van der Waals surface area (Å²) in [4.78, 5) is 0. The number of fused-ring (bicyclic) bond motifs is 1. The van der Waals surface area contributed by atoms with Crippen LogP contribution in [0.4, 0.5) is 4.39 Å². The maximum atomic E-state index is 13.0. The molecule has 0 amide bonds. The van der Waals surface area contributed by atoms with Crippen LogP contribution in [0.5, 0.6) is 0 Å². The second-order valence-electron chi connectivity index (χ2n) is 4.34. The van der Waals surface area contributed by atoms with Crippen LogP contribution < -0.4 is 5.73 Å². The van der Waals surface area contributed by atoms with Gasteiger partial charge in [0.1, 0.15) is 17.2 Å². The number of nitrogens with two attached hydrogens (primary N) is 1. The van der Waals surface area contributed by atoms with Crippen LogP contribution in [-0.2, 0) is 4.74 Å². The van der Waals surface area contributed by atoms with E-state index in [4.69, 9.17) is 14.9 Å². The van der Waals surface area contributed by atoms with Crippen molar-refractivity contribution >= 4 is 11.0 Å². The third kappa shape index (κ3) is 3.09. The van der Waals surface area contributed by atoms with E-state index >= 15 is 0 Å². The molecular formula is C14H18FNO2. The first-order valence-corrected chi connectivity index (χ1v) is 6.23. The van der Waals surface area contributed by atoms with Crippen molar-refractivity contribution in [2.75, 3.05) is 13.2 Å². The highest BCUT2D eigenvalue weighted by molar-refractivity contribution is 5.77. The summed E-state index contributed by atoms with van der Waals surface area (Å²) in [7, 11) is 0. The Bertz CT molecular complexity index is 509. The topological polar surface area (TPSA) is 48.4 Å². The summed E-state index contributed by atoms with van der Waals surface area (Å²) >= 11 is 0. The summed E-state index contributed by atoms with van der Waals surface area (Å²) in [6.45, 7) is 3.42. The molecule has 0 saturated heterocycles. The second kappa shape index (κ2) is 5.98. The Labute approximate surface area is 106 Å². The first-order valence-electron chi connectivity index (χ1n) is 6.23. The summed E-state index contributed by atoms with van der Waals surface area (Å²) in [5, 5.41) is 0.745. The molecule has 1 atom stereocenters. The highest BCUT2D eigenvalue weighted by Crippen LogP contribution is 2.25. The number of hydrogen-bond donors (Lipinski definition) is 1. The molecule has 98 valence electrons. The molecule has 2 rings (SSSR count). The second-order valence-corrected chi connectivity index (χ2v) is 4.34. The lowest BCUT2D eigenvalue weighted by atomic mass is 10.1. The van der Waals surface area contributed by atoms with E-state index in [0.29, 0.717) is 24.4 Å². The summed E-state index contributed by atoms with van der Waals surface area (Å²) in [6, 6.07) is 6.03. The SMILES string of the molecule is CCCOCCC(N)c1cc2cc(F)ccc2o1. The van der Waals surface area contributed by atoms with E-state index in [9.17, 15) is 4.39 Å². The predicted molar refractivity (Wildman–Crippen MR) is 68.8 cm³/mol. The lowest BCUT2D eigenvalue weighted by Gasteiger charge is -2.08. The number of ether oxygens (including phenoxy) is 1. The van der Waals surface area contributed by atoms with Crippen LogP contribution in [0.2, 0.25) is 0 Å². The van der Waals surface area contributed by atoms with Crippen LogP contribution in [0.15, 0.2) is 28.7 Å². The van der Waals surface area contributed by atoms with Crippen molar-refractivity contribution in [1.82, 2.24) is 0 Å². The van der Waals surface area contributed by atoms with Gasteiger partial charge in [-0.2, -0.15) is 0 Å². The van der Waals surface area contributed by atoms with Crippen LogP contribution in [0.1, 0.15) is 31.6 Å². The largest absolute Gasteiger partial charge is 0.459 e. The van der Waals surface area contributed by atoms with Crippen molar-refractivity contribution < 1.29 is 13.5 Å². The van der Waals surface area contributed by atoms with Gasteiger partial charge in [0.2, 0.25) is 0 Å². The highest BCUT2D eigenvalue weighted by atomic mass is 19.1. The van der Waals surface area contributed by atoms with Gasteiger partial charge in [0.15, 0.2) is 0 Å². The molecule has 0 saturated carbocycles. The van der Waals surface area contributed by atoms with Gasteiger partial charge in [0.05, 0.1) is 6.04 Å². The zero-order valence-electron chi connectivity index (χ0n) is 10.5. The third-order valence-corrected chi connectivity index (χ3v) is 2.78. The van der Waals surface area contributed by atoms with E-state index < -0.39 is 0 Å². The fourth-order valence-corrected chi connectivity index (χ4v) is 1.82. The van der Waals surface area contributed by atoms with Crippen molar-refractivity contribution in [1.29, 1.82) is 0 Å². The lowest BCUT2D eigenvalue weighted by Crippen LogP contribution is -2.12. The Kier molecular flexibility index (Phi) is 4.33. The minimum atomic E-state index is -0.269. The normalized spacial score (nSPS) is 13.1. The molecule has 2 aromatic rings. The maximum Gasteiger partial charge on any atom is 0.134 e. The van der Waals surface area contributed by atoms with E-state index in [-0.39, 0.29) is 11.9 Å². The van der Waals surface area contributed by atoms with Crippen LogP contribution in [-0.4, -0.2) is 13.2 Å². The molecule has 0 spiro atoms. The Morgan fingerprint density at radius 1 is 1.33 bits per heavy atom. The highest BCUT2D eigenvalue weighted by Gasteiger charge is 2.12. The van der Waals surface area contributed by atoms with E-state index in [2.05, 4.69) is 6.92 Å². The monoisotopic (exact) mass is 251 g/mol. The van der Waals surface area contributed by atoms with E-state index in [1.807, 2.05) is 0 Å². The average molecular weight is 251 g/mol. The molecule has 1 heterocycles. The molecule has 0 aliphatic heterocycles. The summed E-state index contributed by atoms with van der Waals surface area (Å²) in [6.07, 6.45) is 1.70. The Balaban J connectivity index is 2.01. The number of rotatable bonds is 6. The fourth-order valence-electron chi connectivity index (χ4n) is 1.82. The van der Waals surface area contributed by atoms with E-state index in [0.717, 1.165) is 18.4 Å². The predicted octanol–water partition coefficient (Wildman–Crippen LogP) is 3.39. The first kappa shape index (κ1) is 13.1. The Morgan fingerprint density at radius 2 is 2.17 bits per heavy atom. The molecule has 0 aliphatic rings. The quantitative estimate of drug-likeness (QED) is 0.800. The average Bonchev–Trinajstić information content (AvgIpc) is 2.77. The molecular weight excluding hydrogens is 233 g/mol. The molecule has 3 nitrogen and oxygen atoms in total. The fraction of sp³-hybridized carbons (Fsp3) is 0.429. The van der Waals surface area contributed by atoms with Crippen LogP contribution >= 0.6 is 0 Å². The molecule has 0 fully saturated rings. The van der Waals surface area contributed by atoms with E-state index in [1.54, 1.807) is 12.1 Å². The molecule has 0 bridgehead atoms. The summed E-state index contributed by atoms with van der Waals surface area (Å²) < 4.78 is 24.0. The van der Waals surface area contributed by atoms with Crippen molar-refractivity contribution in [2.45, 2.75) is 25.8 Å². The van der Waals surface area contributed by atoms with Crippen LogP contribution in [0.3, 0.4) is 0 Å². The van der Waals surface area contributed by atoms with Gasteiger partial charge in [-0.05, 0) is 37.1 Å². The van der Waals surface area contributed by atoms with Crippen molar-refractivity contribution in [2.24, 2.45) is 5.73 Å². The van der Waals surface area contributed by atoms with Gasteiger partial charge in [-0.1, -0.05) is 6.92 Å². The van der Waals surface area contributed by atoms with Crippen molar-refractivity contribution in [3.63, 3.8) is 0 Å². The minimum absolute atomic E-state index is 0.211. The van der Waals surface area contributed by atoms with E-state index in [1.165, 1.54) is 12.1 Å². The number of furan rings is 1. The van der Waals surface area contributed by atoms with Crippen LogP contribution in [0.25, 0.3) is 11.0 Å². The lowest BCUT2D eigenvalue weighted by molar-refractivity contribution is 0.126. The van der Waals surface area contributed by atoms with Gasteiger partial charge >= 0.3 is 0 Å². The first-order chi connectivity index (χ1) is 8.70. The van der Waals surface area contributed by atoms with Crippen molar-refractivity contribution in [3.05, 3.63) is 35.8 Å². The number of halogens is 1. The standard InChI is InChI=1S/C14H18FNO2/c1-2-6-17-7-5-12(16)14-9-10-8-11(15)3-4-13(10)18-14/h3-4,8-9,12H,2,5-7,16H2,1H3. The molecule has 4 heteroatoms. The van der Waals surface area contributed by atoms with Gasteiger partial charge in [-0.15, -0.1) is 0 Å². The van der Waals surface area contributed by atoms with Gasteiger partial charge < -0.3 is 14.9 Å². The van der Waals surface area contributed by atoms with Gasteiger partial charge in [0.25, 0.3) is 0 Å². The van der Waals surface area contributed by atoms with Gasteiger partial charge in [0, 0.05) is 18.6 Å². The third-order valence-electron chi connectivity index (χ3n) is 2.78. The smallest absolute Gasteiger partial charge is 0.134 e. The number of benzene rings is 1. The Hall–Kier alpha value is -1.39. The Morgan fingerprint density at radius 3 is 2.94 bits per heavy atom. The molecule has 0 aliphatic carbocycles. The molecule has 0 radical (unpaired) electrons. The van der Waals surface area contributed by atoms with Gasteiger partial charge in [-0.3, -0.25) is 0 Å². The molecule has 1 aromatic heterocycles. The molecule has 2 N–H and O–H groups in total. The summed E-state index contributed by atoms with van der Waals surface area (Å²) in [5.41, 5.74) is 6.67. The maximum absolute atomic E-state index is 13.0. The minimum Gasteiger partial charge on any atom is -0.459 e. The van der Waals surface area contributed by atoms with Gasteiger partial charge in [-0.25, -0.2) is 4.39 Å². The van der Waals surface area contributed by atoms with Crippen molar-refractivity contribution in [3.8, 4) is 0 Å². The van der Waals surface area contributed by atoms with Crippen LogP contribution in [0, 0.1) is 5.82 Å².